The Hall–Kier alpha value is -1.15. The fourth-order valence-corrected chi connectivity index (χ4v) is 6.66. The van der Waals surface area contributed by atoms with Crippen molar-refractivity contribution in [2.24, 2.45) is 5.92 Å². The first-order chi connectivity index (χ1) is 13.3. The van der Waals surface area contributed by atoms with Crippen LogP contribution in [0.3, 0.4) is 0 Å². The SMILES string of the molecule is CO[C@@H]1CCC[C@@H](C(=O)N[C@]2(S(=O)(=O)c3cccc(Cl)c3C)CCCNC2)C1. The highest BCUT2D eigenvalue weighted by molar-refractivity contribution is 7.93. The number of hydrogen-bond donors (Lipinski definition) is 2. The Morgan fingerprint density at radius 1 is 1.32 bits per heavy atom. The second kappa shape index (κ2) is 8.69. The van der Waals surface area contributed by atoms with Crippen molar-refractivity contribution in [3.8, 4) is 0 Å². The van der Waals surface area contributed by atoms with Crippen molar-refractivity contribution in [1.29, 1.82) is 0 Å². The minimum atomic E-state index is -3.84. The van der Waals surface area contributed by atoms with Gasteiger partial charge in [0.25, 0.3) is 0 Å². The van der Waals surface area contributed by atoms with Gasteiger partial charge in [0.15, 0.2) is 4.87 Å². The van der Waals surface area contributed by atoms with Gasteiger partial charge < -0.3 is 15.4 Å². The van der Waals surface area contributed by atoms with Gasteiger partial charge in [-0.2, -0.15) is 0 Å². The van der Waals surface area contributed by atoms with E-state index in [0.29, 0.717) is 29.8 Å². The largest absolute Gasteiger partial charge is 0.381 e. The maximum Gasteiger partial charge on any atom is 0.224 e. The van der Waals surface area contributed by atoms with E-state index in [9.17, 15) is 13.2 Å². The average molecular weight is 429 g/mol. The zero-order chi connectivity index (χ0) is 20.4. The number of carbonyl (C=O) groups is 1. The van der Waals surface area contributed by atoms with E-state index in [1.165, 1.54) is 0 Å². The highest BCUT2D eigenvalue weighted by Gasteiger charge is 2.48. The Bertz CT molecular complexity index is 821. The van der Waals surface area contributed by atoms with E-state index >= 15 is 0 Å². The van der Waals surface area contributed by atoms with Crippen LogP contribution in [0.1, 0.15) is 44.1 Å². The third kappa shape index (κ3) is 4.08. The fraction of sp³-hybridized carbons (Fsp3) is 0.650. The number of rotatable bonds is 5. The summed E-state index contributed by atoms with van der Waals surface area (Å²) in [5.41, 5.74) is 0.514. The number of amides is 1. The number of sulfone groups is 1. The molecule has 1 amide bonds. The van der Waals surface area contributed by atoms with Gasteiger partial charge in [-0.15, -0.1) is 0 Å². The molecule has 6 nitrogen and oxygen atoms in total. The van der Waals surface area contributed by atoms with Gasteiger partial charge in [0.05, 0.1) is 11.0 Å². The van der Waals surface area contributed by atoms with E-state index in [1.807, 2.05) is 0 Å². The van der Waals surface area contributed by atoms with E-state index in [0.717, 1.165) is 25.8 Å². The molecule has 8 heteroatoms. The summed E-state index contributed by atoms with van der Waals surface area (Å²) in [6.07, 6.45) is 4.32. The molecule has 2 N–H and O–H groups in total. The lowest BCUT2D eigenvalue weighted by Crippen LogP contribution is -2.63. The van der Waals surface area contributed by atoms with E-state index in [2.05, 4.69) is 10.6 Å². The van der Waals surface area contributed by atoms with Crippen molar-refractivity contribution in [3.63, 3.8) is 0 Å². The molecule has 1 heterocycles. The smallest absolute Gasteiger partial charge is 0.224 e. The Morgan fingerprint density at radius 3 is 2.79 bits per heavy atom. The van der Waals surface area contributed by atoms with Crippen molar-refractivity contribution in [3.05, 3.63) is 28.8 Å². The topological polar surface area (TPSA) is 84.5 Å². The predicted octanol–water partition coefficient (Wildman–Crippen LogP) is 2.82. The molecule has 2 aliphatic rings. The summed E-state index contributed by atoms with van der Waals surface area (Å²) in [4.78, 5) is 11.9. The molecule has 28 heavy (non-hydrogen) atoms. The summed E-state index contributed by atoms with van der Waals surface area (Å²) in [7, 11) is -2.18. The summed E-state index contributed by atoms with van der Waals surface area (Å²) in [5.74, 6) is -0.429. The summed E-state index contributed by atoms with van der Waals surface area (Å²) in [6, 6.07) is 4.88. The molecule has 2 fully saturated rings. The monoisotopic (exact) mass is 428 g/mol. The van der Waals surface area contributed by atoms with Crippen LogP contribution in [0.15, 0.2) is 23.1 Å². The molecule has 1 saturated heterocycles. The summed E-state index contributed by atoms with van der Waals surface area (Å²) in [5, 5.41) is 6.51. The van der Waals surface area contributed by atoms with Gasteiger partial charge in [-0.1, -0.05) is 24.1 Å². The summed E-state index contributed by atoms with van der Waals surface area (Å²) < 4.78 is 32.8. The molecule has 0 bridgehead atoms. The summed E-state index contributed by atoms with van der Waals surface area (Å²) >= 11 is 6.18. The Kier molecular flexibility index (Phi) is 6.69. The van der Waals surface area contributed by atoms with Gasteiger partial charge in [0.1, 0.15) is 0 Å². The van der Waals surface area contributed by atoms with Gasteiger partial charge in [-0.3, -0.25) is 4.79 Å². The molecule has 0 radical (unpaired) electrons. The van der Waals surface area contributed by atoms with Crippen LogP contribution in [0.25, 0.3) is 0 Å². The highest BCUT2D eigenvalue weighted by Crippen LogP contribution is 2.35. The molecule has 0 aromatic heterocycles. The summed E-state index contributed by atoms with van der Waals surface area (Å²) in [6.45, 7) is 2.62. The van der Waals surface area contributed by atoms with Crippen molar-refractivity contribution in [2.45, 2.75) is 61.3 Å². The number of methoxy groups -OCH3 is 1. The number of hydrogen-bond acceptors (Lipinski definition) is 5. The minimum absolute atomic E-state index is 0.0525. The average Bonchev–Trinajstić information content (AvgIpc) is 2.70. The molecular formula is C20H29ClN2O4S. The maximum absolute atomic E-state index is 13.7. The minimum Gasteiger partial charge on any atom is -0.381 e. The van der Waals surface area contributed by atoms with Crippen molar-refractivity contribution in [1.82, 2.24) is 10.6 Å². The maximum atomic E-state index is 13.7. The van der Waals surface area contributed by atoms with Crippen LogP contribution in [0.2, 0.25) is 5.02 Å². The molecule has 1 aromatic rings. The number of carbonyl (C=O) groups excluding carboxylic acids is 1. The molecule has 156 valence electrons. The molecule has 1 aromatic carbocycles. The number of nitrogens with one attached hydrogen (secondary N) is 2. The lowest BCUT2D eigenvalue weighted by Gasteiger charge is -2.39. The van der Waals surface area contributed by atoms with Gasteiger partial charge in [-0.05, 0) is 63.3 Å². The first kappa shape index (κ1) is 21.6. The Balaban J connectivity index is 1.92. The first-order valence-corrected chi connectivity index (χ1v) is 11.7. The molecular weight excluding hydrogens is 400 g/mol. The predicted molar refractivity (Wildman–Crippen MR) is 109 cm³/mol. The lowest BCUT2D eigenvalue weighted by molar-refractivity contribution is -0.128. The zero-order valence-corrected chi connectivity index (χ0v) is 18.0. The van der Waals surface area contributed by atoms with Crippen LogP contribution in [-0.2, 0) is 19.4 Å². The molecule has 3 atom stereocenters. The number of benzene rings is 1. The highest BCUT2D eigenvalue weighted by atomic mass is 35.5. The van der Waals surface area contributed by atoms with E-state index in [4.69, 9.17) is 16.3 Å². The first-order valence-electron chi connectivity index (χ1n) is 9.86. The van der Waals surface area contributed by atoms with Gasteiger partial charge in [0, 0.05) is 24.6 Å². The molecule has 0 unspecified atom stereocenters. The fourth-order valence-electron chi connectivity index (χ4n) is 4.29. The quantitative estimate of drug-likeness (QED) is 0.753. The standard InChI is InChI=1S/C20H29ClN2O4S/c1-14-17(21)8-4-9-18(14)28(25,26)20(10-5-11-22-13-20)23-19(24)15-6-3-7-16(12-15)27-2/h4,8-9,15-16,22H,3,5-7,10-13H2,1-2H3,(H,23,24)/t15-,16-,20+/m1/s1. The molecule has 0 spiro atoms. The van der Waals surface area contributed by atoms with Crippen LogP contribution in [0.5, 0.6) is 0 Å². The van der Waals surface area contributed by atoms with Crippen molar-refractivity contribution < 1.29 is 17.9 Å². The Labute approximate surface area is 172 Å². The second-order valence-corrected chi connectivity index (χ2v) is 10.5. The number of piperidine rings is 1. The zero-order valence-electron chi connectivity index (χ0n) is 16.5. The normalized spacial score (nSPS) is 28.7. The number of ether oxygens (including phenoxy) is 1. The van der Waals surface area contributed by atoms with Crippen molar-refractivity contribution >= 4 is 27.3 Å². The Morgan fingerprint density at radius 2 is 2.11 bits per heavy atom. The van der Waals surface area contributed by atoms with Gasteiger partial charge in [0.2, 0.25) is 15.7 Å². The third-order valence-electron chi connectivity index (χ3n) is 6.05. The molecule has 1 aliphatic heterocycles. The third-order valence-corrected chi connectivity index (χ3v) is 8.96. The number of halogens is 1. The van der Waals surface area contributed by atoms with Crippen LogP contribution in [-0.4, -0.2) is 45.5 Å². The molecule has 1 saturated carbocycles. The van der Waals surface area contributed by atoms with Gasteiger partial charge in [-0.25, -0.2) is 8.42 Å². The second-order valence-electron chi connectivity index (χ2n) is 7.85. The van der Waals surface area contributed by atoms with E-state index in [1.54, 1.807) is 32.2 Å². The van der Waals surface area contributed by atoms with E-state index in [-0.39, 0.29) is 29.4 Å². The van der Waals surface area contributed by atoms with Crippen LogP contribution in [0, 0.1) is 12.8 Å². The van der Waals surface area contributed by atoms with E-state index < -0.39 is 14.7 Å². The lowest BCUT2D eigenvalue weighted by atomic mass is 9.86. The van der Waals surface area contributed by atoms with Crippen molar-refractivity contribution in [2.75, 3.05) is 20.2 Å². The van der Waals surface area contributed by atoms with Crippen LogP contribution >= 0.6 is 11.6 Å². The van der Waals surface area contributed by atoms with Gasteiger partial charge >= 0.3 is 0 Å². The molecule has 3 rings (SSSR count). The van der Waals surface area contributed by atoms with Crippen LogP contribution < -0.4 is 10.6 Å². The molecule has 1 aliphatic carbocycles. The van der Waals surface area contributed by atoms with Crippen LogP contribution in [0.4, 0.5) is 0 Å².